The van der Waals surface area contributed by atoms with Gasteiger partial charge in [0.25, 0.3) is 0 Å². The molecule has 2 rings (SSSR count). The monoisotopic (exact) mass is 654 g/mol. The molecule has 2 aliphatic heterocycles. The molecule has 0 bridgehead atoms. The molecule has 0 radical (unpaired) electrons. The van der Waals surface area contributed by atoms with Crippen LogP contribution in [-0.4, -0.2) is 142 Å². The quantitative estimate of drug-likeness (QED) is 0.0606. The number of aliphatic hydroxyl groups is 7. The van der Waals surface area contributed by atoms with Gasteiger partial charge in [0.05, 0.1) is 19.8 Å². The highest BCUT2D eigenvalue weighted by Gasteiger charge is 2.47. The standard InChI is InChI=1S/C30H54O15/c1-3-5-6-7-8-9-10-11-12-13-22(33)43-18(15-40-21(32)4-2)16-41-29-28(39)26(37)24(35)20(45-29)17-42-30-27(38)25(36)23(34)19(14-31)44-30/h18-20,23-31,34-39H,3-17H2,1-2H3. The van der Waals surface area contributed by atoms with E-state index in [-0.39, 0.29) is 26.1 Å². The first-order valence-electron chi connectivity index (χ1n) is 16.1. The molecule has 2 saturated heterocycles. The number of hydrogen-bond donors (Lipinski definition) is 7. The van der Waals surface area contributed by atoms with Gasteiger partial charge in [0, 0.05) is 12.8 Å². The normalized spacial score (nSPS) is 32.6. The molecule has 0 aliphatic carbocycles. The average molecular weight is 655 g/mol. The molecule has 0 aromatic rings. The highest BCUT2D eigenvalue weighted by molar-refractivity contribution is 5.70. The van der Waals surface area contributed by atoms with Gasteiger partial charge in [-0.3, -0.25) is 9.59 Å². The van der Waals surface area contributed by atoms with Crippen molar-refractivity contribution in [3.8, 4) is 0 Å². The van der Waals surface area contributed by atoms with E-state index in [1.54, 1.807) is 6.92 Å². The molecule has 0 saturated carbocycles. The van der Waals surface area contributed by atoms with E-state index < -0.39 is 92.7 Å². The van der Waals surface area contributed by atoms with E-state index in [1.165, 1.54) is 32.1 Å². The topological polar surface area (TPSA) is 231 Å². The molecule has 0 spiro atoms. The van der Waals surface area contributed by atoms with E-state index in [0.717, 1.165) is 19.3 Å². The summed E-state index contributed by atoms with van der Waals surface area (Å²) in [7, 11) is 0. The van der Waals surface area contributed by atoms with Crippen molar-refractivity contribution in [1.29, 1.82) is 0 Å². The van der Waals surface area contributed by atoms with Crippen molar-refractivity contribution in [2.24, 2.45) is 0 Å². The first-order valence-corrected chi connectivity index (χ1v) is 16.1. The fourth-order valence-electron chi connectivity index (χ4n) is 5.02. The highest BCUT2D eigenvalue weighted by atomic mass is 16.7. The summed E-state index contributed by atoms with van der Waals surface area (Å²) in [6, 6.07) is 0. The summed E-state index contributed by atoms with van der Waals surface area (Å²) in [6.07, 6.45) is -6.79. The Hall–Kier alpha value is -1.50. The summed E-state index contributed by atoms with van der Waals surface area (Å²) in [6.45, 7) is 1.89. The fourth-order valence-corrected chi connectivity index (χ4v) is 5.02. The summed E-state index contributed by atoms with van der Waals surface area (Å²) < 4.78 is 32.5. The second-order valence-electron chi connectivity index (χ2n) is 11.6. The molecular weight excluding hydrogens is 600 g/mol. The molecule has 2 fully saturated rings. The van der Waals surface area contributed by atoms with Crippen LogP contribution in [0.2, 0.25) is 0 Å². The van der Waals surface area contributed by atoms with Crippen molar-refractivity contribution >= 4 is 11.9 Å². The van der Waals surface area contributed by atoms with Crippen LogP contribution in [-0.2, 0) is 38.0 Å². The van der Waals surface area contributed by atoms with Crippen LogP contribution in [0.1, 0.15) is 84.5 Å². The van der Waals surface area contributed by atoms with Crippen LogP contribution in [0, 0.1) is 0 Å². The molecule has 264 valence electrons. The van der Waals surface area contributed by atoms with Gasteiger partial charge in [-0.1, -0.05) is 65.2 Å². The first kappa shape index (κ1) is 39.7. The summed E-state index contributed by atoms with van der Waals surface area (Å²) in [4.78, 5) is 24.2. The van der Waals surface area contributed by atoms with Crippen molar-refractivity contribution in [3.63, 3.8) is 0 Å². The number of ether oxygens (including phenoxy) is 6. The van der Waals surface area contributed by atoms with Crippen molar-refractivity contribution in [2.75, 3.05) is 26.4 Å². The first-order chi connectivity index (χ1) is 21.5. The van der Waals surface area contributed by atoms with Gasteiger partial charge < -0.3 is 64.2 Å². The van der Waals surface area contributed by atoms with E-state index >= 15 is 0 Å². The van der Waals surface area contributed by atoms with Crippen molar-refractivity contribution in [3.05, 3.63) is 0 Å². The van der Waals surface area contributed by atoms with Gasteiger partial charge in [0.15, 0.2) is 18.7 Å². The van der Waals surface area contributed by atoms with E-state index in [1.807, 2.05) is 0 Å². The minimum absolute atomic E-state index is 0.102. The smallest absolute Gasteiger partial charge is 0.306 e. The molecule has 2 heterocycles. The maximum absolute atomic E-state index is 12.5. The maximum Gasteiger partial charge on any atom is 0.306 e. The van der Waals surface area contributed by atoms with Gasteiger partial charge in [-0.2, -0.15) is 0 Å². The lowest BCUT2D eigenvalue weighted by Crippen LogP contribution is -2.61. The molecule has 0 aromatic heterocycles. The van der Waals surface area contributed by atoms with Crippen LogP contribution >= 0.6 is 0 Å². The third-order valence-electron chi connectivity index (χ3n) is 7.89. The van der Waals surface area contributed by atoms with Crippen LogP contribution < -0.4 is 0 Å². The number of unbranched alkanes of at least 4 members (excludes halogenated alkanes) is 8. The second kappa shape index (κ2) is 21.4. The minimum atomic E-state index is -1.75. The zero-order chi connectivity index (χ0) is 33.4. The largest absolute Gasteiger partial charge is 0.462 e. The Kier molecular flexibility index (Phi) is 18.9. The summed E-state index contributed by atoms with van der Waals surface area (Å²) in [5.74, 6) is -1.03. The Morgan fingerprint density at radius 1 is 0.644 bits per heavy atom. The lowest BCUT2D eigenvalue weighted by atomic mass is 9.98. The SMILES string of the molecule is CCCCCCCCCCCC(=O)OC(COC(=O)CC)COC1OC(COC2OC(CO)C(O)C(O)C2O)C(O)C(O)C1O. The molecule has 7 N–H and O–H groups in total. The Bertz CT molecular complexity index is 829. The molecule has 2 aliphatic rings. The number of carbonyl (C=O) groups excluding carboxylic acids is 2. The van der Waals surface area contributed by atoms with E-state index in [0.29, 0.717) is 6.42 Å². The molecule has 11 atom stereocenters. The predicted molar refractivity (Wildman–Crippen MR) is 155 cm³/mol. The van der Waals surface area contributed by atoms with Crippen molar-refractivity contribution in [2.45, 2.75) is 152 Å². The van der Waals surface area contributed by atoms with Crippen LogP contribution in [0.4, 0.5) is 0 Å². The Balaban J connectivity index is 1.88. The minimum Gasteiger partial charge on any atom is -0.462 e. The fraction of sp³-hybridized carbons (Fsp3) is 0.933. The zero-order valence-corrected chi connectivity index (χ0v) is 26.4. The predicted octanol–water partition coefficient (Wildman–Crippen LogP) is -0.587. The van der Waals surface area contributed by atoms with Gasteiger partial charge >= 0.3 is 11.9 Å². The van der Waals surface area contributed by atoms with Gasteiger partial charge in [-0.15, -0.1) is 0 Å². The summed E-state index contributed by atoms with van der Waals surface area (Å²) in [5.41, 5.74) is 0. The summed E-state index contributed by atoms with van der Waals surface area (Å²) in [5, 5.41) is 70.7. The molecule has 0 amide bonds. The second-order valence-corrected chi connectivity index (χ2v) is 11.6. The zero-order valence-electron chi connectivity index (χ0n) is 26.4. The van der Waals surface area contributed by atoms with Gasteiger partial charge in [-0.25, -0.2) is 0 Å². The van der Waals surface area contributed by atoms with Crippen molar-refractivity contribution < 1.29 is 73.8 Å². The Morgan fingerprint density at radius 2 is 1.18 bits per heavy atom. The number of aliphatic hydroxyl groups excluding tert-OH is 7. The van der Waals surface area contributed by atoms with Gasteiger partial charge in [0.2, 0.25) is 0 Å². The van der Waals surface area contributed by atoms with Gasteiger partial charge in [0.1, 0.15) is 55.4 Å². The van der Waals surface area contributed by atoms with E-state index in [2.05, 4.69) is 6.92 Å². The number of esters is 2. The molecule has 45 heavy (non-hydrogen) atoms. The van der Waals surface area contributed by atoms with E-state index in [4.69, 9.17) is 28.4 Å². The molecular formula is C30H54O15. The van der Waals surface area contributed by atoms with Crippen molar-refractivity contribution in [1.82, 2.24) is 0 Å². The third kappa shape index (κ3) is 13.3. The van der Waals surface area contributed by atoms with Crippen LogP contribution in [0.25, 0.3) is 0 Å². The number of carbonyl (C=O) groups is 2. The third-order valence-corrected chi connectivity index (χ3v) is 7.89. The summed E-state index contributed by atoms with van der Waals surface area (Å²) >= 11 is 0. The molecule has 15 nitrogen and oxygen atoms in total. The number of rotatable bonds is 21. The lowest BCUT2D eigenvalue weighted by Gasteiger charge is -2.42. The Morgan fingerprint density at radius 3 is 1.76 bits per heavy atom. The van der Waals surface area contributed by atoms with Crippen LogP contribution in [0.3, 0.4) is 0 Å². The number of hydrogen-bond acceptors (Lipinski definition) is 15. The molecule has 0 aromatic carbocycles. The van der Waals surface area contributed by atoms with E-state index in [9.17, 15) is 45.3 Å². The lowest BCUT2D eigenvalue weighted by molar-refractivity contribution is -0.332. The molecule has 11 unspecified atom stereocenters. The van der Waals surface area contributed by atoms with Crippen LogP contribution in [0.5, 0.6) is 0 Å². The van der Waals surface area contributed by atoms with Crippen LogP contribution in [0.15, 0.2) is 0 Å². The maximum atomic E-state index is 12.5. The Labute approximate surface area is 264 Å². The van der Waals surface area contributed by atoms with Gasteiger partial charge in [-0.05, 0) is 6.42 Å². The average Bonchev–Trinajstić information content (AvgIpc) is 3.03. The molecule has 15 heteroatoms. The highest BCUT2D eigenvalue weighted by Crippen LogP contribution is 2.26.